The van der Waals surface area contributed by atoms with Crippen LogP contribution < -0.4 is 15.2 Å². The summed E-state index contributed by atoms with van der Waals surface area (Å²) in [6, 6.07) is 3.48. The first-order valence-corrected chi connectivity index (χ1v) is 5.52. The molecule has 4 heteroatoms. The molecule has 0 spiro atoms. The van der Waals surface area contributed by atoms with Gasteiger partial charge in [0, 0.05) is 6.54 Å². The second-order valence-corrected chi connectivity index (χ2v) is 4.40. The van der Waals surface area contributed by atoms with Gasteiger partial charge in [0.15, 0.2) is 11.5 Å². The normalized spacial score (nSPS) is 14.6. The molecule has 0 saturated heterocycles. The molecule has 0 aromatic heterocycles. The summed E-state index contributed by atoms with van der Waals surface area (Å²) in [6.45, 7) is 3.64. The zero-order valence-electron chi connectivity index (χ0n) is 10.00. The Morgan fingerprint density at radius 2 is 2.00 bits per heavy atom. The highest BCUT2D eigenvalue weighted by molar-refractivity contribution is 5.62. The molecule has 1 aromatic carbocycles. The zero-order valence-corrected chi connectivity index (χ0v) is 10.00. The first-order valence-electron chi connectivity index (χ1n) is 5.52. The Kier molecular flexibility index (Phi) is 3.07. The van der Waals surface area contributed by atoms with Crippen LogP contribution in [0.15, 0.2) is 18.2 Å². The van der Waals surface area contributed by atoms with E-state index in [1.165, 1.54) is 13.8 Å². The number of hydrogen-bond donors (Lipinski definition) is 1. The summed E-state index contributed by atoms with van der Waals surface area (Å²) in [5.41, 5.74) is 5.32. The van der Waals surface area contributed by atoms with E-state index in [2.05, 4.69) is 0 Å². The summed E-state index contributed by atoms with van der Waals surface area (Å²) in [5.74, 6) is 1.24. The minimum Gasteiger partial charge on any atom is -0.454 e. The molecule has 0 saturated carbocycles. The van der Waals surface area contributed by atoms with Crippen molar-refractivity contribution in [3.8, 4) is 11.5 Å². The van der Waals surface area contributed by atoms with E-state index in [9.17, 15) is 4.39 Å². The van der Waals surface area contributed by atoms with Crippen LogP contribution in [0.1, 0.15) is 25.0 Å². The second kappa shape index (κ2) is 4.37. The lowest BCUT2D eigenvalue weighted by atomic mass is 9.93. The Balaban J connectivity index is 2.51. The number of alkyl halides is 1. The van der Waals surface area contributed by atoms with Crippen molar-refractivity contribution in [3.63, 3.8) is 0 Å². The standard InChI is InChI=1S/C13H16FNO2/c1-13(2,14)10-7-12-11(16-8-17-12)6-9(10)4-3-5-15/h3-4,6-7H,5,8,15H2,1-2H3/b4-3+. The number of halogens is 1. The van der Waals surface area contributed by atoms with Gasteiger partial charge in [-0.1, -0.05) is 12.2 Å². The molecule has 92 valence electrons. The number of ether oxygens (including phenoxy) is 2. The molecule has 3 nitrogen and oxygen atoms in total. The monoisotopic (exact) mass is 237 g/mol. The van der Waals surface area contributed by atoms with Crippen LogP contribution in [0, 0.1) is 0 Å². The van der Waals surface area contributed by atoms with Crippen molar-refractivity contribution >= 4 is 6.08 Å². The van der Waals surface area contributed by atoms with Crippen molar-refractivity contribution in [2.45, 2.75) is 19.5 Å². The molecule has 0 radical (unpaired) electrons. The minimum atomic E-state index is -1.44. The van der Waals surface area contributed by atoms with E-state index in [1.807, 2.05) is 0 Å². The molecule has 0 unspecified atom stereocenters. The second-order valence-electron chi connectivity index (χ2n) is 4.40. The Morgan fingerprint density at radius 1 is 1.35 bits per heavy atom. The predicted octanol–water partition coefficient (Wildman–Crippen LogP) is 2.59. The maximum absolute atomic E-state index is 14.1. The smallest absolute Gasteiger partial charge is 0.231 e. The van der Waals surface area contributed by atoms with E-state index >= 15 is 0 Å². The summed E-state index contributed by atoms with van der Waals surface area (Å²) < 4.78 is 24.6. The van der Waals surface area contributed by atoms with Crippen LogP contribution in [-0.4, -0.2) is 13.3 Å². The Hall–Kier alpha value is -1.55. The lowest BCUT2D eigenvalue weighted by Crippen LogP contribution is -2.11. The number of benzene rings is 1. The average Bonchev–Trinajstić information content (AvgIpc) is 2.70. The number of hydrogen-bond acceptors (Lipinski definition) is 3. The largest absolute Gasteiger partial charge is 0.454 e. The molecule has 17 heavy (non-hydrogen) atoms. The van der Waals surface area contributed by atoms with Gasteiger partial charge in [0.25, 0.3) is 0 Å². The highest BCUT2D eigenvalue weighted by atomic mass is 19.1. The molecule has 0 aliphatic carbocycles. The van der Waals surface area contributed by atoms with E-state index in [0.717, 1.165) is 5.56 Å². The van der Waals surface area contributed by atoms with E-state index in [1.54, 1.807) is 24.3 Å². The van der Waals surface area contributed by atoms with Crippen LogP contribution in [0.5, 0.6) is 11.5 Å². The van der Waals surface area contributed by atoms with Crippen molar-refractivity contribution in [3.05, 3.63) is 29.3 Å². The molecular weight excluding hydrogens is 221 g/mol. The lowest BCUT2D eigenvalue weighted by molar-refractivity contribution is 0.173. The molecule has 1 aliphatic heterocycles. The van der Waals surface area contributed by atoms with Gasteiger partial charge in [0.1, 0.15) is 5.67 Å². The van der Waals surface area contributed by atoms with Gasteiger partial charge in [0.2, 0.25) is 6.79 Å². The van der Waals surface area contributed by atoms with Crippen molar-refractivity contribution < 1.29 is 13.9 Å². The van der Waals surface area contributed by atoms with Gasteiger partial charge in [-0.2, -0.15) is 0 Å². The number of fused-ring (bicyclic) bond motifs is 1. The molecule has 2 rings (SSSR count). The molecule has 1 aliphatic rings. The molecule has 1 heterocycles. The Morgan fingerprint density at radius 3 is 2.59 bits per heavy atom. The third kappa shape index (κ3) is 2.42. The van der Waals surface area contributed by atoms with Crippen molar-refractivity contribution in [2.24, 2.45) is 5.73 Å². The maximum atomic E-state index is 14.1. The van der Waals surface area contributed by atoms with Crippen LogP contribution in [0.25, 0.3) is 6.08 Å². The summed E-state index contributed by atoms with van der Waals surface area (Å²) in [6.07, 6.45) is 3.59. The van der Waals surface area contributed by atoms with Crippen LogP contribution >= 0.6 is 0 Å². The van der Waals surface area contributed by atoms with Gasteiger partial charge >= 0.3 is 0 Å². The van der Waals surface area contributed by atoms with E-state index in [4.69, 9.17) is 15.2 Å². The van der Waals surface area contributed by atoms with Gasteiger partial charge in [-0.05, 0) is 37.1 Å². The zero-order chi connectivity index (χ0) is 12.5. The fourth-order valence-corrected chi connectivity index (χ4v) is 1.81. The molecule has 1 aromatic rings. The molecule has 0 atom stereocenters. The molecule has 2 N–H and O–H groups in total. The summed E-state index contributed by atoms with van der Waals surface area (Å²) in [4.78, 5) is 0. The summed E-state index contributed by atoms with van der Waals surface area (Å²) in [5, 5.41) is 0. The van der Waals surface area contributed by atoms with Crippen LogP contribution in [-0.2, 0) is 5.67 Å². The SMILES string of the molecule is CC(C)(F)c1cc2c(cc1/C=C/CN)OCO2. The fourth-order valence-electron chi connectivity index (χ4n) is 1.81. The summed E-state index contributed by atoms with van der Waals surface area (Å²) in [7, 11) is 0. The highest BCUT2D eigenvalue weighted by Crippen LogP contribution is 2.40. The quantitative estimate of drug-likeness (QED) is 0.878. The highest BCUT2D eigenvalue weighted by Gasteiger charge is 2.26. The van der Waals surface area contributed by atoms with Crippen molar-refractivity contribution in [1.82, 2.24) is 0 Å². The molecule has 0 amide bonds. The van der Waals surface area contributed by atoms with Gasteiger partial charge in [-0.25, -0.2) is 4.39 Å². The van der Waals surface area contributed by atoms with E-state index in [0.29, 0.717) is 23.6 Å². The van der Waals surface area contributed by atoms with Gasteiger partial charge in [-0.15, -0.1) is 0 Å². The first-order chi connectivity index (χ1) is 8.02. The van der Waals surface area contributed by atoms with Crippen molar-refractivity contribution in [1.29, 1.82) is 0 Å². The van der Waals surface area contributed by atoms with Crippen molar-refractivity contribution in [2.75, 3.05) is 13.3 Å². The summed E-state index contributed by atoms with van der Waals surface area (Å²) >= 11 is 0. The maximum Gasteiger partial charge on any atom is 0.231 e. The minimum absolute atomic E-state index is 0.186. The molecule has 0 bridgehead atoms. The third-order valence-electron chi connectivity index (χ3n) is 2.62. The Bertz CT molecular complexity index is 449. The van der Waals surface area contributed by atoms with Gasteiger partial charge in [-0.3, -0.25) is 0 Å². The average molecular weight is 237 g/mol. The van der Waals surface area contributed by atoms with E-state index < -0.39 is 5.67 Å². The van der Waals surface area contributed by atoms with Crippen LogP contribution in [0.4, 0.5) is 4.39 Å². The number of rotatable bonds is 3. The molecular formula is C13H16FNO2. The molecule has 0 fully saturated rings. The van der Waals surface area contributed by atoms with Gasteiger partial charge in [0.05, 0.1) is 0 Å². The predicted molar refractivity (Wildman–Crippen MR) is 64.8 cm³/mol. The fraction of sp³-hybridized carbons (Fsp3) is 0.385. The third-order valence-corrected chi connectivity index (χ3v) is 2.62. The van der Waals surface area contributed by atoms with Crippen LogP contribution in [0.3, 0.4) is 0 Å². The van der Waals surface area contributed by atoms with E-state index in [-0.39, 0.29) is 6.79 Å². The van der Waals surface area contributed by atoms with Crippen LogP contribution in [0.2, 0.25) is 0 Å². The Labute approximate surface area is 100 Å². The number of nitrogens with two attached hydrogens (primary N) is 1. The van der Waals surface area contributed by atoms with Gasteiger partial charge < -0.3 is 15.2 Å². The lowest BCUT2D eigenvalue weighted by Gasteiger charge is -2.18. The first kappa shape index (κ1) is 11.9. The topological polar surface area (TPSA) is 44.5 Å².